The number of nitriles is 3. The van der Waals surface area contributed by atoms with Crippen molar-refractivity contribution in [2.24, 2.45) is 16.7 Å². The number of benzene rings is 2. The van der Waals surface area contributed by atoms with Crippen LogP contribution in [0.4, 0.5) is 0 Å². The second-order valence-corrected chi connectivity index (χ2v) is 8.37. The summed E-state index contributed by atoms with van der Waals surface area (Å²) in [6.07, 6.45) is -1.15. The van der Waals surface area contributed by atoms with Crippen molar-refractivity contribution in [1.82, 2.24) is 0 Å². The van der Waals surface area contributed by atoms with E-state index < -0.39 is 34.5 Å². The molecule has 4 rings (SSSR count). The van der Waals surface area contributed by atoms with Gasteiger partial charge in [-0.05, 0) is 35.9 Å². The van der Waals surface area contributed by atoms with Gasteiger partial charge in [-0.1, -0.05) is 41.1 Å². The number of nitrogens with zero attached hydrogens (tertiary/aromatic N) is 3. The van der Waals surface area contributed by atoms with Crippen LogP contribution in [0.3, 0.4) is 0 Å². The van der Waals surface area contributed by atoms with Crippen molar-refractivity contribution < 1.29 is 14.2 Å². The second-order valence-electron chi connectivity index (χ2n) is 7.52. The van der Waals surface area contributed by atoms with E-state index in [-0.39, 0.29) is 0 Å². The summed E-state index contributed by atoms with van der Waals surface area (Å²) in [5.41, 5.74) is -2.76. The summed E-state index contributed by atoms with van der Waals surface area (Å²) in [6.45, 7) is 1.68. The Hall–Kier alpha value is -3.38. The zero-order valence-corrected chi connectivity index (χ0v) is 18.3. The average molecular weight is 477 g/mol. The first kappa shape index (κ1) is 20.9. The van der Waals surface area contributed by atoms with Crippen LogP contribution in [0, 0.1) is 56.2 Å². The zero-order chi connectivity index (χ0) is 22.4. The zero-order valence-electron chi connectivity index (χ0n) is 16.7. The molecule has 2 aliphatic heterocycles. The van der Waals surface area contributed by atoms with Crippen LogP contribution in [0.1, 0.15) is 24.2 Å². The van der Waals surface area contributed by atoms with Crippen molar-refractivity contribution in [1.29, 1.82) is 21.2 Å². The molecule has 2 fully saturated rings. The first-order chi connectivity index (χ1) is 14.9. The number of halogens is 1. The molecule has 0 aromatic heterocycles. The highest BCUT2D eigenvalue weighted by Gasteiger charge is 2.79. The van der Waals surface area contributed by atoms with Crippen LogP contribution in [-0.4, -0.2) is 13.0 Å². The molecule has 2 saturated heterocycles. The maximum atomic E-state index is 10.3. The predicted molar refractivity (Wildman–Crippen MR) is 112 cm³/mol. The van der Waals surface area contributed by atoms with Gasteiger partial charge in [-0.3, -0.25) is 5.41 Å². The SMILES string of the molecule is COc1ccc(C23OC(=N)C(C#N)(C2C)C(C#N)(C#N)C(c2ccccc2Br)O3)cc1. The Bertz CT molecular complexity index is 1180. The van der Waals surface area contributed by atoms with Gasteiger partial charge in [0, 0.05) is 10.0 Å². The van der Waals surface area contributed by atoms with Gasteiger partial charge in [0.2, 0.25) is 17.1 Å². The molecule has 2 aliphatic rings. The molecular formula is C23H17BrN4O3. The van der Waals surface area contributed by atoms with E-state index in [9.17, 15) is 15.8 Å². The first-order valence-corrected chi connectivity index (χ1v) is 10.2. The van der Waals surface area contributed by atoms with E-state index in [0.717, 1.165) is 0 Å². The fourth-order valence-corrected chi connectivity index (χ4v) is 5.15. The number of methoxy groups -OCH3 is 1. The van der Waals surface area contributed by atoms with Gasteiger partial charge in [0.25, 0.3) is 0 Å². The van der Waals surface area contributed by atoms with Gasteiger partial charge in [-0.25, -0.2) is 0 Å². The lowest BCUT2D eigenvalue weighted by Crippen LogP contribution is -2.57. The molecule has 1 N–H and O–H groups in total. The van der Waals surface area contributed by atoms with Crippen molar-refractivity contribution in [2.45, 2.75) is 18.8 Å². The summed E-state index contributed by atoms with van der Waals surface area (Å²) < 4.78 is 18.3. The molecule has 0 saturated carbocycles. The summed E-state index contributed by atoms with van der Waals surface area (Å²) in [4.78, 5) is 0. The molecule has 7 nitrogen and oxygen atoms in total. The highest BCUT2D eigenvalue weighted by molar-refractivity contribution is 9.10. The van der Waals surface area contributed by atoms with Gasteiger partial charge in [0.15, 0.2) is 5.41 Å². The van der Waals surface area contributed by atoms with E-state index >= 15 is 0 Å². The summed E-state index contributed by atoms with van der Waals surface area (Å²) in [5.74, 6) is -2.18. The number of ether oxygens (including phenoxy) is 3. The Morgan fingerprint density at radius 2 is 1.68 bits per heavy atom. The lowest BCUT2D eigenvalue weighted by Gasteiger charge is -2.49. The molecule has 0 spiro atoms. The smallest absolute Gasteiger partial charge is 0.244 e. The molecule has 8 heteroatoms. The number of hydrogen-bond acceptors (Lipinski definition) is 7. The minimum Gasteiger partial charge on any atom is -0.497 e. The Labute approximate surface area is 188 Å². The topological polar surface area (TPSA) is 123 Å². The van der Waals surface area contributed by atoms with E-state index in [0.29, 0.717) is 21.3 Å². The molecule has 2 aromatic carbocycles. The second kappa shape index (κ2) is 7.10. The van der Waals surface area contributed by atoms with E-state index in [2.05, 4.69) is 22.0 Å². The minimum absolute atomic E-state index is 0.448. The summed E-state index contributed by atoms with van der Waals surface area (Å²) in [6, 6.07) is 20.2. The number of hydrogen-bond donors (Lipinski definition) is 1. The van der Waals surface area contributed by atoms with Crippen LogP contribution in [0.5, 0.6) is 5.75 Å². The third kappa shape index (κ3) is 2.42. The van der Waals surface area contributed by atoms with Crippen LogP contribution in [0.15, 0.2) is 53.0 Å². The van der Waals surface area contributed by atoms with Crippen LogP contribution in [0.2, 0.25) is 0 Å². The minimum atomic E-state index is -2.01. The Morgan fingerprint density at radius 1 is 1.03 bits per heavy atom. The molecular weight excluding hydrogens is 460 g/mol. The molecule has 2 aromatic rings. The highest BCUT2D eigenvalue weighted by atomic mass is 79.9. The van der Waals surface area contributed by atoms with Gasteiger partial charge >= 0.3 is 0 Å². The fourth-order valence-electron chi connectivity index (χ4n) is 4.66. The lowest BCUT2D eigenvalue weighted by atomic mass is 9.53. The van der Waals surface area contributed by atoms with Crippen LogP contribution < -0.4 is 4.74 Å². The van der Waals surface area contributed by atoms with Gasteiger partial charge in [0.1, 0.15) is 11.9 Å². The molecule has 4 unspecified atom stereocenters. The lowest BCUT2D eigenvalue weighted by molar-refractivity contribution is -0.288. The van der Waals surface area contributed by atoms with E-state index in [1.807, 2.05) is 12.1 Å². The van der Waals surface area contributed by atoms with Crippen molar-refractivity contribution in [3.8, 4) is 24.0 Å². The summed E-state index contributed by atoms with van der Waals surface area (Å²) >= 11 is 3.47. The van der Waals surface area contributed by atoms with Gasteiger partial charge in [-0.2, -0.15) is 15.8 Å². The average Bonchev–Trinajstić information content (AvgIpc) is 2.96. The molecule has 31 heavy (non-hydrogen) atoms. The van der Waals surface area contributed by atoms with E-state index in [1.165, 1.54) is 0 Å². The van der Waals surface area contributed by atoms with Gasteiger partial charge in [-0.15, -0.1) is 0 Å². The first-order valence-electron chi connectivity index (χ1n) is 9.45. The van der Waals surface area contributed by atoms with Gasteiger partial charge in [0.05, 0.1) is 31.2 Å². The number of fused-ring (bicyclic) bond motifs is 2. The number of nitrogens with one attached hydrogen (secondary N) is 1. The molecule has 2 heterocycles. The standard InChI is InChI=1S/C23H17BrN4O3/c1-14-22(13-27)20(28)31-23(14,15-7-9-16(29-2)10-8-15)30-19(21(22,11-25)12-26)17-5-3-4-6-18(17)24/h3-10,14,19,28H,1-2H3. The van der Waals surface area contributed by atoms with Crippen molar-refractivity contribution in [3.05, 3.63) is 64.1 Å². The Kier molecular flexibility index (Phi) is 4.78. The third-order valence-corrected chi connectivity index (χ3v) is 7.07. The van der Waals surface area contributed by atoms with Crippen LogP contribution >= 0.6 is 15.9 Å². The summed E-state index contributed by atoms with van der Waals surface area (Å²) in [5, 5.41) is 39.4. The molecule has 2 bridgehead atoms. The van der Waals surface area contributed by atoms with Crippen molar-refractivity contribution in [2.75, 3.05) is 7.11 Å². The Morgan fingerprint density at radius 3 is 2.23 bits per heavy atom. The van der Waals surface area contributed by atoms with E-state index in [1.54, 1.807) is 62.6 Å². The largest absolute Gasteiger partial charge is 0.497 e. The highest BCUT2D eigenvalue weighted by Crippen LogP contribution is 2.69. The monoisotopic (exact) mass is 476 g/mol. The Balaban J connectivity index is 2.03. The van der Waals surface area contributed by atoms with Crippen LogP contribution in [-0.2, 0) is 15.3 Å². The molecule has 154 valence electrons. The number of rotatable bonds is 3. The molecule has 0 radical (unpaired) electrons. The maximum Gasteiger partial charge on any atom is 0.244 e. The van der Waals surface area contributed by atoms with E-state index in [4.69, 9.17) is 19.6 Å². The van der Waals surface area contributed by atoms with Crippen molar-refractivity contribution >= 4 is 21.8 Å². The van der Waals surface area contributed by atoms with Gasteiger partial charge < -0.3 is 14.2 Å². The maximum absolute atomic E-state index is 10.3. The molecule has 0 aliphatic carbocycles. The quantitative estimate of drug-likeness (QED) is 0.691. The normalized spacial score (nSPS) is 30.4. The van der Waals surface area contributed by atoms with Crippen molar-refractivity contribution in [3.63, 3.8) is 0 Å². The fraction of sp³-hybridized carbons (Fsp3) is 0.304. The third-order valence-electron chi connectivity index (χ3n) is 6.35. The molecule has 0 amide bonds. The van der Waals surface area contributed by atoms with Crippen LogP contribution in [0.25, 0.3) is 0 Å². The molecule has 4 atom stereocenters. The summed E-state index contributed by atoms with van der Waals surface area (Å²) in [7, 11) is 1.55. The predicted octanol–water partition coefficient (Wildman–Crippen LogP) is 4.57.